The van der Waals surface area contributed by atoms with E-state index in [4.69, 9.17) is 21.6 Å². The van der Waals surface area contributed by atoms with Crippen molar-refractivity contribution < 1.29 is 19.1 Å². The molecule has 0 N–H and O–H groups in total. The Morgan fingerprint density at radius 2 is 1.76 bits per heavy atom. The number of carbonyl (C=O) groups is 3. The maximum Gasteiger partial charge on any atom is 0.357 e. The second-order valence-electron chi connectivity index (χ2n) is 7.36. The maximum absolute atomic E-state index is 13.3. The minimum Gasteiger partial charge on any atom is -0.448 e. The van der Waals surface area contributed by atoms with E-state index in [-0.39, 0.29) is 28.0 Å². The van der Waals surface area contributed by atoms with Gasteiger partial charge in [-0.1, -0.05) is 72.3 Å². The van der Waals surface area contributed by atoms with E-state index in [1.165, 1.54) is 28.4 Å². The second kappa shape index (κ2) is 10.5. The molecule has 6 nitrogen and oxygen atoms in total. The lowest BCUT2D eigenvalue weighted by atomic mass is 9.93. The van der Waals surface area contributed by atoms with Crippen molar-refractivity contribution in [2.75, 3.05) is 17.3 Å². The third kappa shape index (κ3) is 4.81. The highest BCUT2D eigenvalue weighted by molar-refractivity contribution is 8.00. The summed E-state index contributed by atoms with van der Waals surface area (Å²) < 4.78 is 5.90. The van der Waals surface area contributed by atoms with Crippen LogP contribution in [0.15, 0.2) is 71.4 Å². The summed E-state index contributed by atoms with van der Waals surface area (Å²) in [5, 5.41) is 8.38. The Hall–Kier alpha value is -2.73. The molecular formula is C24H19ClN2O4S2. The third-order valence-electron chi connectivity index (χ3n) is 5.30. The highest BCUT2D eigenvalue weighted by atomic mass is 35.5. The number of rotatable bonds is 8. The van der Waals surface area contributed by atoms with Crippen LogP contribution in [0.4, 0.5) is 0 Å². The molecule has 2 aliphatic heterocycles. The summed E-state index contributed by atoms with van der Waals surface area (Å²) >= 11 is 8.90. The first-order valence-electron chi connectivity index (χ1n) is 10.1. The number of nitrogens with zero attached hydrogens (tertiary/aromatic N) is 2. The number of ether oxygens (including phenoxy) is 1. The Labute approximate surface area is 204 Å². The van der Waals surface area contributed by atoms with E-state index in [1.807, 2.05) is 66.7 Å². The zero-order chi connectivity index (χ0) is 23.4. The van der Waals surface area contributed by atoms with Crippen LogP contribution in [0.1, 0.15) is 17.2 Å². The Bertz CT molecular complexity index is 1090. The first kappa shape index (κ1) is 23.4. The van der Waals surface area contributed by atoms with Crippen LogP contribution < -0.4 is 0 Å². The van der Waals surface area contributed by atoms with Gasteiger partial charge in [0.2, 0.25) is 5.91 Å². The molecule has 0 spiro atoms. The number of ketones is 1. The minimum atomic E-state index is -0.840. The molecule has 2 aromatic carbocycles. The van der Waals surface area contributed by atoms with Crippen LogP contribution >= 0.6 is 35.1 Å². The number of nitriles is 1. The molecule has 2 aromatic rings. The number of hydrogen-bond acceptors (Lipinski definition) is 7. The third-order valence-corrected chi connectivity index (χ3v) is 7.88. The van der Waals surface area contributed by atoms with Crippen LogP contribution in [0, 0.1) is 17.2 Å². The molecule has 9 heteroatoms. The average molecular weight is 499 g/mol. The number of benzene rings is 2. The summed E-state index contributed by atoms with van der Waals surface area (Å²) in [5.74, 6) is -1.69. The predicted octanol–water partition coefficient (Wildman–Crippen LogP) is 4.13. The maximum atomic E-state index is 13.3. The van der Waals surface area contributed by atoms with Crippen LogP contribution in [0.25, 0.3) is 0 Å². The van der Waals surface area contributed by atoms with Crippen molar-refractivity contribution in [2.24, 2.45) is 5.92 Å². The largest absolute Gasteiger partial charge is 0.448 e. The van der Waals surface area contributed by atoms with Gasteiger partial charge in [0.15, 0.2) is 11.9 Å². The molecule has 0 saturated carbocycles. The van der Waals surface area contributed by atoms with Crippen molar-refractivity contribution in [1.82, 2.24) is 4.90 Å². The van der Waals surface area contributed by atoms with Crippen molar-refractivity contribution >= 4 is 52.8 Å². The summed E-state index contributed by atoms with van der Waals surface area (Å²) in [6.45, 7) is 0. The lowest BCUT2D eigenvalue weighted by molar-refractivity contribution is -0.159. The van der Waals surface area contributed by atoms with E-state index in [1.54, 1.807) is 0 Å². The fourth-order valence-electron chi connectivity index (χ4n) is 3.77. The van der Waals surface area contributed by atoms with E-state index in [0.717, 1.165) is 11.1 Å². The highest BCUT2D eigenvalue weighted by Crippen LogP contribution is 2.46. The summed E-state index contributed by atoms with van der Waals surface area (Å²) in [4.78, 5) is 40.0. The molecule has 1 saturated heterocycles. The number of esters is 1. The lowest BCUT2D eigenvalue weighted by Crippen LogP contribution is -2.64. The standard InChI is InChI=1S/C24H19ClN2O4S2/c25-17-13-33-23-19(18(28)14-32-12-11-26)22(29)27(23)20(17)24(30)31-21(15-7-3-1-4-8-15)16-9-5-2-6-10-16/h1-10,19,21,23H,12-14H2/t19?,23-/m1/s1. The van der Waals surface area contributed by atoms with Crippen LogP contribution in [0.3, 0.4) is 0 Å². The molecule has 2 heterocycles. The normalized spacial score (nSPS) is 19.5. The monoisotopic (exact) mass is 498 g/mol. The smallest absolute Gasteiger partial charge is 0.357 e. The average Bonchev–Trinajstić information content (AvgIpc) is 2.84. The molecule has 1 unspecified atom stereocenters. The van der Waals surface area contributed by atoms with E-state index >= 15 is 0 Å². The topological polar surface area (TPSA) is 87.5 Å². The molecule has 0 bridgehead atoms. The van der Waals surface area contributed by atoms with Crippen molar-refractivity contribution in [3.63, 3.8) is 0 Å². The molecule has 33 heavy (non-hydrogen) atoms. The summed E-state index contributed by atoms with van der Waals surface area (Å²) in [5.41, 5.74) is 1.57. The molecule has 0 radical (unpaired) electrons. The van der Waals surface area contributed by atoms with Gasteiger partial charge < -0.3 is 4.74 Å². The van der Waals surface area contributed by atoms with Gasteiger partial charge in [0.05, 0.1) is 22.6 Å². The van der Waals surface area contributed by atoms with Crippen LogP contribution in [0.2, 0.25) is 0 Å². The van der Waals surface area contributed by atoms with E-state index in [2.05, 4.69) is 0 Å². The van der Waals surface area contributed by atoms with Gasteiger partial charge in [-0.15, -0.1) is 23.5 Å². The summed E-state index contributed by atoms with van der Waals surface area (Å²) in [6, 6.07) is 20.6. The molecule has 168 valence electrons. The molecule has 2 aliphatic rings. The molecular weight excluding hydrogens is 480 g/mol. The Balaban J connectivity index is 1.55. The van der Waals surface area contributed by atoms with Gasteiger partial charge >= 0.3 is 5.97 Å². The van der Waals surface area contributed by atoms with Crippen LogP contribution in [-0.2, 0) is 19.1 Å². The van der Waals surface area contributed by atoms with Crippen LogP contribution in [-0.4, -0.2) is 45.2 Å². The van der Waals surface area contributed by atoms with Crippen molar-refractivity contribution in [1.29, 1.82) is 5.26 Å². The van der Waals surface area contributed by atoms with Gasteiger partial charge in [-0.2, -0.15) is 5.26 Å². The molecule has 1 amide bonds. The Kier molecular flexibility index (Phi) is 7.43. The molecule has 4 rings (SSSR count). The molecule has 0 aliphatic carbocycles. The Morgan fingerprint density at radius 1 is 1.15 bits per heavy atom. The van der Waals surface area contributed by atoms with Gasteiger partial charge in [-0.05, 0) is 11.1 Å². The zero-order valence-electron chi connectivity index (χ0n) is 17.3. The van der Waals surface area contributed by atoms with Gasteiger partial charge in [0.25, 0.3) is 0 Å². The van der Waals surface area contributed by atoms with Gasteiger partial charge in [0.1, 0.15) is 17.0 Å². The highest BCUT2D eigenvalue weighted by Gasteiger charge is 2.56. The zero-order valence-corrected chi connectivity index (χ0v) is 19.7. The second-order valence-corrected chi connectivity index (χ2v) is 9.91. The quantitative estimate of drug-likeness (QED) is 0.234. The SMILES string of the molecule is N#CCSCC(=O)C1C(=O)N2C(C(=O)OC(c3ccccc3)c3ccccc3)=C(Cl)CS[C@H]12. The van der Waals surface area contributed by atoms with Crippen molar-refractivity contribution in [3.8, 4) is 6.07 Å². The van der Waals surface area contributed by atoms with Gasteiger partial charge in [-0.3, -0.25) is 14.5 Å². The molecule has 0 aromatic heterocycles. The number of Topliss-reactive ketones (excluding diaryl/α,β-unsaturated/α-hetero) is 1. The number of thioether (sulfide) groups is 2. The van der Waals surface area contributed by atoms with E-state index in [9.17, 15) is 14.4 Å². The van der Waals surface area contributed by atoms with Gasteiger partial charge in [0, 0.05) is 5.75 Å². The first-order chi connectivity index (χ1) is 16.0. The number of amides is 1. The van der Waals surface area contributed by atoms with E-state index < -0.39 is 29.3 Å². The van der Waals surface area contributed by atoms with Crippen LogP contribution in [0.5, 0.6) is 0 Å². The van der Waals surface area contributed by atoms with Crippen molar-refractivity contribution in [3.05, 3.63) is 82.5 Å². The van der Waals surface area contributed by atoms with Crippen molar-refractivity contribution in [2.45, 2.75) is 11.5 Å². The minimum absolute atomic E-state index is 0.00370. The molecule has 1 fully saturated rings. The number of β-lactam (4-membered cyclic amide) rings is 1. The predicted molar refractivity (Wildman–Crippen MR) is 128 cm³/mol. The lowest BCUT2D eigenvalue weighted by Gasteiger charge is -2.48. The summed E-state index contributed by atoms with van der Waals surface area (Å²) in [6.07, 6.45) is -0.680. The summed E-state index contributed by atoms with van der Waals surface area (Å²) in [7, 11) is 0. The molecule has 2 atom stereocenters. The number of hydrogen-bond donors (Lipinski definition) is 0. The Morgan fingerprint density at radius 3 is 2.33 bits per heavy atom. The van der Waals surface area contributed by atoms with E-state index in [0.29, 0.717) is 5.75 Å². The first-order valence-corrected chi connectivity index (χ1v) is 12.7. The number of halogens is 1. The fraction of sp³-hybridized carbons (Fsp3) is 0.250. The fourth-order valence-corrected chi connectivity index (χ4v) is 5.97. The van der Waals surface area contributed by atoms with Gasteiger partial charge in [-0.25, -0.2) is 4.79 Å². The number of fused-ring (bicyclic) bond motifs is 1. The number of carbonyl (C=O) groups excluding carboxylic acids is 3.